The maximum absolute atomic E-state index is 12.5. The Kier molecular flexibility index (Phi) is 6.78. The lowest BCUT2D eigenvalue weighted by Crippen LogP contribution is -2.22. The van der Waals surface area contributed by atoms with Crippen LogP contribution < -0.4 is 26.2 Å². The van der Waals surface area contributed by atoms with Crippen LogP contribution in [0.1, 0.15) is 23.0 Å². The Hall–Kier alpha value is -3.99. The molecule has 2 aromatic heterocycles. The van der Waals surface area contributed by atoms with E-state index in [-0.39, 0.29) is 28.9 Å². The summed E-state index contributed by atoms with van der Waals surface area (Å²) in [7, 11) is 1.47. The summed E-state index contributed by atoms with van der Waals surface area (Å²) in [4.78, 5) is 54.2. The molecule has 4 N–H and O–H groups in total. The maximum atomic E-state index is 12.5. The number of H-pyrrole nitrogens is 1. The van der Waals surface area contributed by atoms with Gasteiger partial charge in [0.2, 0.25) is 11.8 Å². The number of carbonyl (C=O) groups is 3. The number of hydrogen-bond acceptors (Lipinski definition) is 7. The van der Waals surface area contributed by atoms with Crippen molar-refractivity contribution < 1.29 is 19.1 Å². The third-order valence-electron chi connectivity index (χ3n) is 3.97. The first-order valence-corrected chi connectivity index (χ1v) is 9.92. The van der Waals surface area contributed by atoms with Gasteiger partial charge in [-0.1, -0.05) is 0 Å². The SMILES string of the molecule is COc1ccc(NC(C)=O)cc1NC(=O)Cc1csc(NC(=O)c2ccc[nH]c2=O)n1. The molecule has 0 spiro atoms. The first-order valence-electron chi connectivity index (χ1n) is 9.04. The van der Waals surface area contributed by atoms with Crippen molar-refractivity contribution in [2.24, 2.45) is 0 Å². The van der Waals surface area contributed by atoms with Crippen LogP contribution in [0.25, 0.3) is 0 Å². The smallest absolute Gasteiger partial charge is 0.263 e. The van der Waals surface area contributed by atoms with E-state index in [2.05, 4.69) is 25.9 Å². The van der Waals surface area contributed by atoms with E-state index >= 15 is 0 Å². The number of carbonyl (C=O) groups excluding carboxylic acids is 3. The van der Waals surface area contributed by atoms with Crippen LogP contribution >= 0.6 is 11.3 Å². The molecule has 0 fully saturated rings. The molecule has 160 valence electrons. The van der Waals surface area contributed by atoms with E-state index in [1.54, 1.807) is 29.6 Å². The zero-order valence-electron chi connectivity index (χ0n) is 16.6. The fourth-order valence-corrected chi connectivity index (χ4v) is 3.36. The Bertz CT molecular complexity index is 1190. The molecule has 2 heterocycles. The fourth-order valence-electron chi connectivity index (χ4n) is 2.66. The van der Waals surface area contributed by atoms with Gasteiger partial charge in [0.05, 0.1) is 24.9 Å². The van der Waals surface area contributed by atoms with E-state index in [0.717, 1.165) is 11.3 Å². The number of aromatic amines is 1. The molecule has 3 amide bonds. The summed E-state index contributed by atoms with van der Waals surface area (Å²) in [6, 6.07) is 7.82. The lowest BCUT2D eigenvalue weighted by atomic mass is 10.2. The monoisotopic (exact) mass is 441 g/mol. The average molecular weight is 441 g/mol. The van der Waals surface area contributed by atoms with Crippen LogP contribution in [0.5, 0.6) is 5.75 Å². The largest absolute Gasteiger partial charge is 0.495 e. The molecular weight excluding hydrogens is 422 g/mol. The first-order chi connectivity index (χ1) is 14.9. The minimum Gasteiger partial charge on any atom is -0.495 e. The Balaban J connectivity index is 1.65. The van der Waals surface area contributed by atoms with Gasteiger partial charge in [-0.05, 0) is 30.3 Å². The molecule has 0 aliphatic heterocycles. The van der Waals surface area contributed by atoms with E-state index in [0.29, 0.717) is 22.8 Å². The summed E-state index contributed by atoms with van der Waals surface area (Å²) in [6.45, 7) is 1.38. The van der Waals surface area contributed by atoms with Crippen LogP contribution in [0, 0.1) is 0 Å². The Morgan fingerprint density at radius 2 is 1.97 bits per heavy atom. The normalized spacial score (nSPS) is 10.3. The topological polar surface area (TPSA) is 142 Å². The predicted octanol–water partition coefficient (Wildman–Crippen LogP) is 2.23. The number of anilines is 3. The van der Waals surface area contributed by atoms with E-state index in [9.17, 15) is 19.2 Å². The summed E-state index contributed by atoms with van der Waals surface area (Å²) in [5.74, 6) is -0.758. The second-order valence-corrected chi connectivity index (χ2v) is 7.19. The Morgan fingerprint density at radius 3 is 2.68 bits per heavy atom. The third kappa shape index (κ3) is 5.76. The standard InChI is InChI=1S/C20H19N5O5S/c1-11(26)22-12-5-6-16(30-2)15(8-12)24-17(27)9-13-10-31-20(23-13)25-19(29)14-4-3-7-21-18(14)28/h3-8,10H,9H2,1-2H3,(H,21,28)(H,22,26)(H,24,27)(H,23,25,29). The summed E-state index contributed by atoms with van der Waals surface area (Å²) >= 11 is 1.14. The quantitative estimate of drug-likeness (QED) is 0.443. The van der Waals surface area contributed by atoms with Gasteiger partial charge >= 0.3 is 0 Å². The predicted molar refractivity (Wildman–Crippen MR) is 117 cm³/mol. The van der Waals surface area contributed by atoms with Crippen LogP contribution in [-0.2, 0) is 16.0 Å². The number of nitrogens with one attached hydrogen (secondary N) is 4. The maximum Gasteiger partial charge on any atom is 0.263 e. The van der Waals surface area contributed by atoms with Crippen LogP contribution in [0.15, 0.2) is 46.7 Å². The number of pyridine rings is 1. The molecule has 0 bridgehead atoms. The van der Waals surface area contributed by atoms with Crippen molar-refractivity contribution in [1.82, 2.24) is 9.97 Å². The van der Waals surface area contributed by atoms with Gasteiger partial charge < -0.3 is 20.4 Å². The lowest BCUT2D eigenvalue weighted by Gasteiger charge is -2.12. The van der Waals surface area contributed by atoms with Crippen molar-refractivity contribution in [3.63, 3.8) is 0 Å². The van der Waals surface area contributed by atoms with Crippen molar-refractivity contribution in [3.8, 4) is 5.75 Å². The van der Waals surface area contributed by atoms with Gasteiger partial charge in [-0.25, -0.2) is 4.98 Å². The number of thiazole rings is 1. The zero-order chi connectivity index (χ0) is 22.4. The molecule has 3 rings (SSSR count). The van der Waals surface area contributed by atoms with Gasteiger partial charge in [-0.3, -0.25) is 24.5 Å². The summed E-state index contributed by atoms with van der Waals surface area (Å²) in [5, 5.41) is 9.80. The number of rotatable bonds is 7. The van der Waals surface area contributed by atoms with Crippen molar-refractivity contribution >= 4 is 45.6 Å². The van der Waals surface area contributed by atoms with E-state index in [1.165, 1.54) is 26.3 Å². The molecule has 1 aromatic carbocycles. The van der Waals surface area contributed by atoms with Crippen LogP contribution in [0.3, 0.4) is 0 Å². The fraction of sp³-hybridized carbons (Fsp3) is 0.150. The molecule has 0 radical (unpaired) electrons. The minimum absolute atomic E-state index is 0.0388. The number of aromatic nitrogens is 2. The zero-order valence-corrected chi connectivity index (χ0v) is 17.5. The first kappa shape index (κ1) is 21.7. The highest BCUT2D eigenvalue weighted by molar-refractivity contribution is 7.14. The van der Waals surface area contributed by atoms with Gasteiger partial charge in [0.25, 0.3) is 11.5 Å². The van der Waals surface area contributed by atoms with Gasteiger partial charge in [0.1, 0.15) is 11.3 Å². The minimum atomic E-state index is -0.591. The molecular formula is C20H19N5O5S. The van der Waals surface area contributed by atoms with E-state index in [1.807, 2.05) is 0 Å². The molecule has 10 nitrogen and oxygen atoms in total. The summed E-state index contributed by atoms with van der Waals surface area (Å²) in [5.41, 5.74) is 0.801. The molecule has 31 heavy (non-hydrogen) atoms. The third-order valence-corrected chi connectivity index (χ3v) is 4.78. The van der Waals surface area contributed by atoms with Crippen molar-refractivity contribution in [1.29, 1.82) is 0 Å². The van der Waals surface area contributed by atoms with Gasteiger partial charge in [0, 0.05) is 24.2 Å². The summed E-state index contributed by atoms with van der Waals surface area (Å²) in [6.07, 6.45) is 1.38. The Morgan fingerprint density at radius 1 is 1.16 bits per heavy atom. The summed E-state index contributed by atoms with van der Waals surface area (Å²) < 4.78 is 5.24. The molecule has 0 saturated heterocycles. The highest BCUT2D eigenvalue weighted by Crippen LogP contribution is 2.28. The lowest BCUT2D eigenvalue weighted by molar-refractivity contribution is -0.116. The van der Waals surface area contributed by atoms with Crippen molar-refractivity contribution in [2.75, 3.05) is 23.1 Å². The highest BCUT2D eigenvalue weighted by Gasteiger charge is 2.15. The second-order valence-electron chi connectivity index (χ2n) is 6.33. The van der Waals surface area contributed by atoms with Gasteiger partial charge in [-0.2, -0.15) is 0 Å². The number of ether oxygens (including phenoxy) is 1. The number of benzene rings is 1. The average Bonchev–Trinajstić information content (AvgIpc) is 3.14. The van der Waals surface area contributed by atoms with Gasteiger partial charge in [0.15, 0.2) is 5.13 Å². The van der Waals surface area contributed by atoms with Crippen LogP contribution in [0.4, 0.5) is 16.5 Å². The molecule has 0 atom stereocenters. The van der Waals surface area contributed by atoms with Crippen molar-refractivity contribution in [2.45, 2.75) is 13.3 Å². The number of nitrogens with zero attached hydrogens (tertiary/aromatic N) is 1. The van der Waals surface area contributed by atoms with Gasteiger partial charge in [-0.15, -0.1) is 11.3 Å². The molecule has 0 unspecified atom stereocenters. The molecule has 11 heteroatoms. The molecule has 0 saturated carbocycles. The van der Waals surface area contributed by atoms with Crippen LogP contribution in [-0.4, -0.2) is 34.8 Å². The highest BCUT2D eigenvalue weighted by atomic mass is 32.1. The number of methoxy groups -OCH3 is 1. The Labute approximate surface area is 180 Å². The number of amides is 3. The number of hydrogen-bond donors (Lipinski definition) is 4. The second kappa shape index (κ2) is 9.67. The van der Waals surface area contributed by atoms with Crippen molar-refractivity contribution in [3.05, 3.63) is 63.5 Å². The molecule has 0 aliphatic carbocycles. The molecule has 3 aromatic rings. The van der Waals surface area contributed by atoms with Crippen LogP contribution in [0.2, 0.25) is 0 Å². The van der Waals surface area contributed by atoms with E-state index in [4.69, 9.17) is 4.74 Å². The molecule has 0 aliphatic rings. The van der Waals surface area contributed by atoms with E-state index < -0.39 is 11.5 Å².